The molecule has 7 atom stereocenters. The molecular weight excluding hydrogens is 314 g/mol. The number of nitrogens with zero attached hydrogens (tertiary/aromatic N) is 3. The third kappa shape index (κ3) is 0.875. The summed E-state index contributed by atoms with van der Waals surface area (Å²) in [6.45, 7) is 7.06. The molecule has 2 aliphatic heterocycles. The Hall–Kier alpha value is -1.26. The molecule has 1 aromatic rings. The Balaban J connectivity index is 1.36. The molecule has 6 saturated carbocycles. The highest BCUT2D eigenvalue weighted by molar-refractivity contribution is 5.37. The van der Waals surface area contributed by atoms with Gasteiger partial charge in [-0.1, -0.05) is 20.8 Å². The summed E-state index contributed by atoms with van der Waals surface area (Å²) >= 11 is 0. The summed E-state index contributed by atoms with van der Waals surface area (Å²) in [4.78, 5) is 26.9. The summed E-state index contributed by atoms with van der Waals surface area (Å²) in [5, 5.41) is 0. The van der Waals surface area contributed by atoms with Gasteiger partial charge in [-0.25, -0.2) is 23.5 Å². The number of hydrogen-bond acceptors (Lipinski definition) is 2. The van der Waals surface area contributed by atoms with Crippen molar-refractivity contribution in [2.24, 2.45) is 52.3 Å². The second kappa shape index (κ2) is 3.11. The minimum Gasteiger partial charge on any atom is -0.246 e. The maximum Gasteiger partial charge on any atom is 0.347 e. The van der Waals surface area contributed by atoms with E-state index in [1.54, 1.807) is 4.57 Å². The third-order valence-electron chi connectivity index (χ3n) is 11.3. The average molecular weight is 339 g/mol. The molecule has 5 nitrogen and oxygen atoms in total. The van der Waals surface area contributed by atoms with Crippen LogP contribution in [0.25, 0.3) is 0 Å². The lowest BCUT2D eigenvalue weighted by Gasteiger charge is -2.91. The van der Waals surface area contributed by atoms with Crippen molar-refractivity contribution in [3.8, 4) is 0 Å². The fourth-order valence-corrected chi connectivity index (χ4v) is 9.82. The predicted molar refractivity (Wildman–Crippen MR) is 90.2 cm³/mol. The minimum absolute atomic E-state index is 0.0280. The Morgan fingerprint density at radius 1 is 0.840 bits per heavy atom. The molecular formula is C20H25N3O2. The van der Waals surface area contributed by atoms with Crippen molar-refractivity contribution in [1.29, 1.82) is 0 Å². The van der Waals surface area contributed by atoms with Crippen molar-refractivity contribution in [3.63, 3.8) is 0 Å². The molecule has 1 aromatic heterocycles. The molecule has 0 aromatic carbocycles. The molecule has 9 rings (SSSR count). The second-order valence-corrected chi connectivity index (χ2v) is 11.2. The van der Waals surface area contributed by atoms with Gasteiger partial charge in [0.25, 0.3) is 0 Å². The van der Waals surface area contributed by atoms with E-state index in [1.807, 2.05) is 9.36 Å². The zero-order valence-corrected chi connectivity index (χ0v) is 15.1. The lowest BCUT2D eigenvalue weighted by Crippen LogP contribution is -2.91. The predicted octanol–water partition coefficient (Wildman–Crippen LogP) is 2.05. The van der Waals surface area contributed by atoms with E-state index in [0.29, 0.717) is 18.0 Å². The number of fused-ring (bicyclic) bond motifs is 2. The van der Waals surface area contributed by atoms with Gasteiger partial charge in [0, 0.05) is 6.04 Å². The van der Waals surface area contributed by atoms with E-state index < -0.39 is 0 Å². The van der Waals surface area contributed by atoms with Crippen LogP contribution in [-0.2, 0) is 0 Å². The van der Waals surface area contributed by atoms with Crippen molar-refractivity contribution >= 4 is 0 Å². The first-order valence-electron chi connectivity index (χ1n) is 10.3. The van der Waals surface area contributed by atoms with Gasteiger partial charge in [0.1, 0.15) is 0 Å². The Morgan fingerprint density at radius 2 is 1.36 bits per heavy atom. The monoisotopic (exact) mass is 339 g/mol. The third-order valence-corrected chi connectivity index (χ3v) is 11.3. The molecule has 0 spiro atoms. The summed E-state index contributed by atoms with van der Waals surface area (Å²) in [5.74, 6) is 5.47. The maximum absolute atomic E-state index is 13.4. The van der Waals surface area contributed by atoms with Gasteiger partial charge in [-0.2, -0.15) is 0 Å². The molecule has 132 valence electrons. The molecule has 0 amide bonds. The van der Waals surface area contributed by atoms with E-state index in [4.69, 9.17) is 0 Å². The van der Waals surface area contributed by atoms with Crippen LogP contribution in [0.15, 0.2) is 9.59 Å². The van der Waals surface area contributed by atoms with E-state index >= 15 is 0 Å². The maximum atomic E-state index is 13.4. The fraction of sp³-hybridized carbons (Fsp3) is 0.900. The Morgan fingerprint density at radius 3 is 1.76 bits per heavy atom. The summed E-state index contributed by atoms with van der Waals surface area (Å²) in [5.41, 5.74) is 0.361. The smallest absolute Gasteiger partial charge is 0.246 e. The van der Waals surface area contributed by atoms with Crippen LogP contribution in [0.3, 0.4) is 0 Å². The lowest BCUT2D eigenvalue weighted by molar-refractivity contribution is -0.450. The van der Waals surface area contributed by atoms with Gasteiger partial charge in [0.05, 0.1) is 12.1 Å². The van der Waals surface area contributed by atoms with Crippen molar-refractivity contribution in [3.05, 3.63) is 21.0 Å². The van der Waals surface area contributed by atoms with Crippen LogP contribution in [0.2, 0.25) is 0 Å². The molecule has 0 N–H and O–H groups in total. The van der Waals surface area contributed by atoms with Crippen LogP contribution >= 0.6 is 0 Å². The van der Waals surface area contributed by atoms with Crippen LogP contribution in [-0.4, -0.2) is 13.9 Å². The number of hydrogen-bond donors (Lipinski definition) is 0. The molecule has 3 heterocycles. The average Bonchev–Trinajstić information content (AvgIpc) is 2.99. The topological polar surface area (TPSA) is 48.9 Å². The summed E-state index contributed by atoms with van der Waals surface area (Å²) < 4.78 is 5.62. The SMILES string of the molecule is CC1(C)[C@H]2CC[C@@]1(C)[C@H](n1c(=O)n3n(c1=O)C1[C@@H]4C5C6[C@@H]4C3[C@@H]6[C@@H]51)C2. The number of aromatic nitrogens is 3. The normalized spacial score (nSPS) is 61.7. The highest BCUT2D eigenvalue weighted by atomic mass is 16.2. The standard InChI is InChI=1S/C20H25N3O2/c1-19(2)7-4-5-20(19,3)8(6-7)21-17(24)22-15-11-9-10-13(11)16(14(10)12(9)15)23(22)18(21)25/h7-16H,4-6H2,1-3H3/t7-,8+,9?,10?,11-,12-,13+,14+,15?,16?,20-/m0/s1. The summed E-state index contributed by atoms with van der Waals surface area (Å²) in [6.07, 6.45) is 3.43. The van der Waals surface area contributed by atoms with Crippen LogP contribution in [0.4, 0.5) is 0 Å². The zero-order chi connectivity index (χ0) is 16.8. The van der Waals surface area contributed by atoms with Gasteiger partial charge in [-0.05, 0) is 71.5 Å². The number of rotatable bonds is 1. The van der Waals surface area contributed by atoms with Gasteiger partial charge in [0.2, 0.25) is 0 Å². The largest absolute Gasteiger partial charge is 0.347 e. The quantitative estimate of drug-likeness (QED) is 0.786. The Bertz CT molecular complexity index is 936. The molecule has 6 aliphatic carbocycles. The molecule has 5 heteroatoms. The van der Waals surface area contributed by atoms with E-state index in [2.05, 4.69) is 20.8 Å². The van der Waals surface area contributed by atoms with Crippen LogP contribution in [0.5, 0.6) is 0 Å². The van der Waals surface area contributed by atoms with E-state index in [1.165, 1.54) is 6.42 Å². The van der Waals surface area contributed by atoms with Crippen molar-refractivity contribution in [2.75, 3.05) is 0 Å². The highest BCUT2D eigenvalue weighted by Crippen LogP contribution is 2.91. The Kier molecular flexibility index (Phi) is 1.62. The van der Waals surface area contributed by atoms with E-state index in [9.17, 15) is 9.59 Å². The lowest BCUT2D eigenvalue weighted by atomic mass is 9.16. The molecule has 4 bridgehead atoms. The molecule has 6 fully saturated rings. The molecule has 0 unspecified atom stereocenters. The van der Waals surface area contributed by atoms with Gasteiger partial charge < -0.3 is 0 Å². The van der Waals surface area contributed by atoms with Crippen molar-refractivity contribution in [2.45, 2.75) is 58.2 Å². The fourth-order valence-electron chi connectivity index (χ4n) is 9.82. The van der Waals surface area contributed by atoms with Gasteiger partial charge >= 0.3 is 11.4 Å². The van der Waals surface area contributed by atoms with Gasteiger partial charge in [0.15, 0.2) is 0 Å². The Labute approximate surface area is 146 Å². The molecule has 25 heavy (non-hydrogen) atoms. The first-order valence-corrected chi connectivity index (χ1v) is 10.3. The molecule has 0 saturated heterocycles. The van der Waals surface area contributed by atoms with E-state index in [-0.39, 0.29) is 28.3 Å². The zero-order valence-electron chi connectivity index (χ0n) is 15.1. The van der Waals surface area contributed by atoms with Crippen LogP contribution in [0.1, 0.15) is 58.2 Å². The first kappa shape index (κ1) is 13.0. The van der Waals surface area contributed by atoms with Crippen molar-refractivity contribution in [1.82, 2.24) is 13.9 Å². The minimum atomic E-state index is 0.0280. The summed E-state index contributed by atoms with van der Waals surface area (Å²) in [6, 6.07) is 0.845. The molecule has 0 radical (unpaired) electrons. The van der Waals surface area contributed by atoms with Crippen LogP contribution in [0, 0.1) is 52.3 Å². The van der Waals surface area contributed by atoms with Gasteiger partial charge in [-0.3, -0.25) is 0 Å². The van der Waals surface area contributed by atoms with Crippen LogP contribution < -0.4 is 11.4 Å². The highest BCUT2D eigenvalue weighted by Gasteiger charge is 2.90. The van der Waals surface area contributed by atoms with Gasteiger partial charge in [-0.15, -0.1) is 0 Å². The summed E-state index contributed by atoms with van der Waals surface area (Å²) in [7, 11) is 0. The van der Waals surface area contributed by atoms with E-state index in [0.717, 1.165) is 48.3 Å². The second-order valence-electron chi connectivity index (χ2n) is 11.2. The first-order chi connectivity index (χ1) is 11.9. The molecule has 8 aliphatic rings. The van der Waals surface area contributed by atoms with Crippen molar-refractivity contribution < 1.29 is 0 Å².